The number of aliphatic imine (C=N–C) groups is 1. The predicted molar refractivity (Wildman–Crippen MR) is 275 cm³/mol. The van der Waals surface area contributed by atoms with E-state index in [4.69, 9.17) is 34.4 Å². The number of guanidine groups is 1. The molecule has 19 N–H and O–H groups in total. The molecular weight excluding hydrogens is 1020 g/mol. The van der Waals surface area contributed by atoms with Crippen LogP contribution in [0.4, 0.5) is 0 Å². The quantitative estimate of drug-likeness (QED) is 0.0271. The maximum atomic E-state index is 14.6. The van der Waals surface area contributed by atoms with Gasteiger partial charge in [0.05, 0.1) is 25.6 Å². The van der Waals surface area contributed by atoms with Crippen molar-refractivity contribution in [3.63, 3.8) is 0 Å². The van der Waals surface area contributed by atoms with Crippen molar-refractivity contribution in [1.82, 2.24) is 41.7 Å². The first-order valence-electron chi connectivity index (χ1n) is 23.7. The monoisotopic (exact) mass is 1080 g/mol. The minimum Gasteiger partial charge on any atom is -0.508 e. The number of rotatable bonds is 19. The lowest BCUT2D eigenvalue weighted by molar-refractivity contribution is -0.142. The maximum Gasteiger partial charge on any atom is 0.246 e. The Hall–Kier alpha value is -7.66. The first kappa shape index (κ1) is 59.9. The number of hydrogen-bond donors (Lipinski definition) is 13. The van der Waals surface area contributed by atoms with Crippen LogP contribution in [0.2, 0.25) is 0 Å². The van der Waals surface area contributed by atoms with E-state index in [1.807, 2.05) is 0 Å². The molecule has 4 rings (SSSR count). The fourth-order valence-corrected chi connectivity index (χ4v) is 10.1. The summed E-state index contributed by atoms with van der Waals surface area (Å²) in [6, 6.07) is 4.46. The van der Waals surface area contributed by atoms with Crippen molar-refractivity contribution in [3.05, 3.63) is 65.7 Å². The largest absolute Gasteiger partial charge is 0.508 e. The zero-order valence-electron chi connectivity index (χ0n) is 40.9. The van der Waals surface area contributed by atoms with Crippen LogP contribution in [0.1, 0.15) is 56.1 Å². The number of hydrogen-bond acceptors (Lipinski definition) is 16. The number of nitrogens with one attached hydrogen (secondary N) is 6. The number of benzene rings is 2. The molecule has 2 aromatic carbocycles. The molecule has 0 aromatic heterocycles. The van der Waals surface area contributed by atoms with Crippen molar-refractivity contribution < 1.29 is 57.8 Å². The third kappa shape index (κ3) is 20.3. The van der Waals surface area contributed by atoms with Crippen molar-refractivity contribution in [2.75, 3.05) is 37.7 Å². The number of carbonyl (C=O) groups is 11. The minimum absolute atomic E-state index is 0.00259. The van der Waals surface area contributed by atoms with Gasteiger partial charge in [-0.1, -0.05) is 64.1 Å². The summed E-state index contributed by atoms with van der Waals surface area (Å²) in [4.78, 5) is 154. The van der Waals surface area contributed by atoms with Crippen LogP contribution in [0.15, 0.2) is 59.6 Å². The van der Waals surface area contributed by atoms with Gasteiger partial charge in [-0.25, -0.2) is 0 Å². The van der Waals surface area contributed by atoms with Crippen LogP contribution in [0.25, 0.3) is 0 Å². The molecule has 0 radical (unpaired) electrons. The standard InChI is InChI=1S/C46H65N15O12S2/c47-28-23-74-75-24-33(45(73)61-17-5-9-34(61)43(71)56-29(8-4-16-53-46(51)52)40(68)54-20-37(50)65)59-42(70)31(19-36(49)64)57-41(69)30(14-15-35(48)63)55-38(66)22-60(21-26-6-2-1-3-7-26)44(72)32(58-39(28)67)18-25-10-12-27(62)13-11-25/h1-3,6-7,10-13,28-34,62H,4-5,8-9,14-24,47H2,(H2,48,63)(H2,49,64)(H2,50,65)(H,54,68)(H,55,66)(H,56,71)(H,57,69)(H,58,67)(H,59,70)(H4,51,52,53)/t28-,29-,30-,31-,32-,33-,34-/m0/s1. The molecule has 2 heterocycles. The summed E-state index contributed by atoms with van der Waals surface area (Å²) in [5.41, 5.74) is 34.4. The second kappa shape index (κ2) is 29.9. The summed E-state index contributed by atoms with van der Waals surface area (Å²) in [5.74, 6) is -10.3. The highest BCUT2D eigenvalue weighted by molar-refractivity contribution is 8.76. The molecule has 2 aromatic rings. The van der Waals surface area contributed by atoms with Gasteiger partial charge in [0.25, 0.3) is 0 Å². The summed E-state index contributed by atoms with van der Waals surface area (Å²) < 4.78 is 0. The van der Waals surface area contributed by atoms with Crippen LogP contribution in [0.3, 0.4) is 0 Å². The molecule has 7 atom stereocenters. The zero-order valence-corrected chi connectivity index (χ0v) is 42.5. The number of amides is 11. The van der Waals surface area contributed by atoms with E-state index in [1.54, 1.807) is 30.3 Å². The lowest BCUT2D eigenvalue weighted by Crippen LogP contribution is -2.60. The van der Waals surface area contributed by atoms with Crippen LogP contribution in [0.5, 0.6) is 5.75 Å². The lowest BCUT2D eigenvalue weighted by Gasteiger charge is -2.31. The molecule has 0 saturated carbocycles. The first-order valence-corrected chi connectivity index (χ1v) is 26.2. The van der Waals surface area contributed by atoms with Gasteiger partial charge >= 0.3 is 0 Å². The molecule has 75 heavy (non-hydrogen) atoms. The lowest BCUT2D eigenvalue weighted by atomic mass is 10.0. The molecule has 0 aliphatic carbocycles. The van der Waals surface area contributed by atoms with Gasteiger partial charge in [0.1, 0.15) is 42.0 Å². The van der Waals surface area contributed by atoms with Gasteiger partial charge in [-0.2, -0.15) is 0 Å². The van der Waals surface area contributed by atoms with Crippen molar-refractivity contribution in [2.45, 2.75) is 100 Å². The van der Waals surface area contributed by atoms with Crippen LogP contribution in [-0.4, -0.2) is 166 Å². The van der Waals surface area contributed by atoms with Crippen LogP contribution < -0.4 is 66.3 Å². The average Bonchev–Trinajstić information content (AvgIpc) is 3.86. The van der Waals surface area contributed by atoms with Crippen molar-refractivity contribution in [2.24, 2.45) is 39.4 Å². The fourth-order valence-electron chi connectivity index (χ4n) is 7.84. The topological polar surface area (TPSA) is 455 Å². The molecule has 2 saturated heterocycles. The third-order valence-electron chi connectivity index (χ3n) is 11.6. The molecule has 2 aliphatic heterocycles. The van der Waals surface area contributed by atoms with E-state index in [9.17, 15) is 57.8 Å². The van der Waals surface area contributed by atoms with E-state index in [1.165, 1.54) is 29.2 Å². The highest BCUT2D eigenvalue weighted by Crippen LogP contribution is 2.26. The van der Waals surface area contributed by atoms with Gasteiger partial charge in [-0.15, -0.1) is 0 Å². The summed E-state index contributed by atoms with van der Waals surface area (Å²) in [7, 11) is 2.00. The highest BCUT2D eigenvalue weighted by Gasteiger charge is 2.40. The second-order valence-corrected chi connectivity index (χ2v) is 20.1. The number of nitrogens with two attached hydrogens (primary N) is 6. The highest BCUT2D eigenvalue weighted by atomic mass is 33.1. The number of nitrogens with zero attached hydrogens (tertiary/aromatic N) is 3. The average molecular weight is 1080 g/mol. The number of phenolic OH excluding ortho intramolecular Hbond substituents is 1. The van der Waals surface area contributed by atoms with E-state index in [0.717, 1.165) is 26.5 Å². The molecule has 27 nitrogen and oxygen atoms in total. The van der Waals surface area contributed by atoms with Gasteiger partial charge in [0, 0.05) is 44.0 Å². The Morgan fingerprint density at radius 1 is 0.773 bits per heavy atom. The van der Waals surface area contributed by atoms with Gasteiger partial charge in [-0.05, 0) is 55.4 Å². The first-order chi connectivity index (χ1) is 35.6. The van der Waals surface area contributed by atoms with E-state index in [0.29, 0.717) is 17.5 Å². The number of likely N-dealkylation sites (tertiary alicyclic amines) is 1. The third-order valence-corrected chi connectivity index (χ3v) is 14.0. The van der Waals surface area contributed by atoms with E-state index in [-0.39, 0.29) is 68.5 Å². The molecule has 11 amide bonds. The van der Waals surface area contributed by atoms with Crippen LogP contribution >= 0.6 is 21.6 Å². The smallest absolute Gasteiger partial charge is 0.246 e. The van der Waals surface area contributed by atoms with Crippen LogP contribution in [-0.2, 0) is 65.7 Å². The number of phenols is 1. The van der Waals surface area contributed by atoms with Gasteiger partial charge in [-0.3, -0.25) is 57.7 Å². The van der Waals surface area contributed by atoms with Crippen LogP contribution in [0, 0.1) is 0 Å². The van der Waals surface area contributed by atoms with E-state index < -0.39 is 140 Å². The summed E-state index contributed by atoms with van der Waals surface area (Å²) in [6.07, 6.45) is -1.18. The van der Waals surface area contributed by atoms with Crippen molar-refractivity contribution in [3.8, 4) is 5.75 Å². The predicted octanol–water partition coefficient (Wildman–Crippen LogP) is -5.10. The Labute approximate surface area is 439 Å². The van der Waals surface area contributed by atoms with Gasteiger partial charge < -0.3 is 81.2 Å². The fraction of sp³-hybridized carbons (Fsp3) is 0.478. The Morgan fingerprint density at radius 2 is 1.44 bits per heavy atom. The molecule has 2 aliphatic rings. The molecule has 0 spiro atoms. The normalized spacial score (nSPS) is 21.7. The van der Waals surface area contributed by atoms with E-state index >= 15 is 0 Å². The molecular formula is C46H65N15O12S2. The number of carbonyl (C=O) groups excluding carboxylic acids is 11. The Morgan fingerprint density at radius 3 is 2.09 bits per heavy atom. The molecule has 0 unspecified atom stereocenters. The summed E-state index contributed by atoms with van der Waals surface area (Å²) >= 11 is 0. The van der Waals surface area contributed by atoms with Crippen molar-refractivity contribution in [1.29, 1.82) is 0 Å². The Bertz CT molecular complexity index is 2420. The minimum atomic E-state index is -1.79. The van der Waals surface area contributed by atoms with Gasteiger partial charge in [0.15, 0.2) is 5.96 Å². The summed E-state index contributed by atoms with van der Waals surface area (Å²) in [5, 5.41) is 25.0. The number of aromatic hydroxyl groups is 1. The second-order valence-electron chi connectivity index (χ2n) is 17.6. The SMILES string of the molecule is NC(=O)CC[C@@H]1NC(=O)CN(Cc2ccccc2)C(=O)[C@H](Cc2ccc(O)cc2)NC(=O)[C@@H](N)CSSC[C@@H](C(=O)N2CCC[C@H]2C(=O)N[C@@H](CCCN=C(N)N)C(=O)NCC(N)=O)NC(=O)[C@H](CC(N)=O)NC1=O. The molecule has 29 heteroatoms. The number of primary amides is 3. The van der Waals surface area contributed by atoms with E-state index in [2.05, 4.69) is 36.9 Å². The molecule has 408 valence electrons. The Kier molecular flexibility index (Phi) is 23.9. The molecule has 0 bridgehead atoms. The summed E-state index contributed by atoms with van der Waals surface area (Å²) in [6.45, 7) is -1.30. The zero-order chi connectivity index (χ0) is 55.2. The Balaban J connectivity index is 1.70. The maximum absolute atomic E-state index is 14.6. The van der Waals surface area contributed by atoms with Crippen molar-refractivity contribution >= 4 is 92.5 Å². The molecule has 2 fully saturated rings. The van der Waals surface area contributed by atoms with Gasteiger partial charge in [0.2, 0.25) is 65.0 Å².